The molecule has 2 saturated carbocycles. The first-order chi connectivity index (χ1) is 10.7. The lowest BCUT2D eigenvalue weighted by Crippen LogP contribution is -2.37. The molecule has 0 amide bonds. The van der Waals surface area contributed by atoms with Crippen LogP contribution in [0.5, 0.6) is 0 Å². The monoisotopic (exact) mass is 299 g/mol. The lowest BCUT2D eigenvalue weighted by molar-refractivity contribution is -0.619. The van der Waals surface area contributed by atoms with Crippen molar-refractivity contribution in [3.63, 3.8) is 0 Å². The molecular formula is C17H21N3O2. The van der Waals surface area contributed by atoms with Crippen LogP contribution in [0.25, 0.3) is 0 Å². The van der Waals surface area contributed by atoms with Gasteiger partial charge in [0.2, 0.25) is 0 Å². The topological polar surface area (TPSA) is 56.2 Å². The Labute approximate surface area is 130 Å². The Kier molecular flexibility index (Phi) is 3.37. The Bertz CT molecular complexity index is 665. The first kappa shape index (κ1) is 13.8. The Morgan fingerprint density at radius 1 is 1.36 bits per heavy atom. The van der Waals surface area contributed by atoms with E-state index in [-0.39, 0.29) is 0 Å². The molecule has 2 unspecified atom stereocenters. The molecule has 116 valence electrons. The third-order valence-electron chi connectivity index (χ3n) is 4.71. The molecule has 0 aromatic carbocycles. The highest BCUT2D eigenvalue weighted by Gasteiger charge is 2.37. The fourth-order valence-electron chi connectivity index (χ4n) is 3.03. The third-order valence-corrected chi connectivity index (χ3v) is 4.71. The van der Waals surface area contributed by atoms with Crippen molar-refractivity contribution in [2.24, 2.45) is 5.92 Å². The minimum atomic E-state index is 0.551. The molecule has 0 radical (unpaired) electrons. The predicted molar refractivity (Wildman–Crippen MR) is 80.7 cm³/mol. The Morgan fingerprint density at radius 3 is 2.86 bits per heavy atom. The van der Waals surface area contributed by atoms with Gasteiger partial charge in [0.1, 0.15) is 24.3 Å². The summed E-state index contributed by atoms with van der Waals surface area (Å²) in [7, 11) is 0. The molecule has 0 spiro atoms. The molecule has 2 fully saturated rings. The summed E-state index contributed by atoms with van der Waals surface area (Å²) in [5, 5.41) is 11.8. The summed E-state index contributed by atoms with van der Waals surface area (Å²) in [4.78, 5) is 6.50. The zero-order valence-electron chi connectivity index (χ0n) is 12.8. The van der Waals surface area contributed by atoms with Gasteiger partial charge in [0.05, 0.1) is 12.7 Å². The van der Waals surface area contributed by atoms with E-state index in [0.29, 0.717) is 24.3 Å². The van der Waals surface area contributed by atoms with Crippen LogP contribution in [0.4, 0.5) is 0 Å². The largest absolute Gasteiger partial charge is 0.711 e. The van der Waals surface area contributed by atoms with Crippen LogP contribution in [0.3, 0.4) is 0 Å². The highest BCUT2D eigenvalue weighted by atomic mass is 16.5. The van der Waals surface area contributed by atoms with E-state index in [0.717, 1.165) is 28.7 Å². The summed E-state index contributed by atoms with van der Waals surface area (Å²) in [6.45, 7) is 3.59. The number of hydrogen-bond donors (Lipinski definition) is 0. The number of furan rings is 1. The van der Waals surface area contributed by atoms with E-state index in [1.807, 2.05) is 0 Å². The molecule has 5 nitrogen and oxygen atoms in total. The average Bonchev–Trinajstić information content (AvgIpc) is 3.42. The summed E-state index contributed by atoms with van der Waals surface area (Å²) < 4.78 is 6.86. The van der Waals surface area contributed by atoms with Crippen LogP contribution in [-0.2, 0) is 13.1 Å². The molecule has 2 aromatic heterocycles. The first-order valence-corrected chi connectivity index (χ1v) is 8.06. The number of nitrogens with zero attached hydrogens (tertiary/aromatic N) is 3. The van der Waals surface area contributed by atoms with Gasteiger partial charge in [-0.05, 0) is 37.3 Å². The van der Waals surface area contributed by atoms with Gasteiger partial charge in [0.15, 0.2) is 0 Å². The number of hydrogen-bond acceptors (Lipinski definition) is 4. The van der Waals surface area contributed by atoms with Gasteiger partial charge < -0.3 is 9.62 Å². The molecule has 5 heteroatoms. The summed E-state index contributed by atoms with van der Waals surface area (Å²) in [6, 6.07) is 6.41. The second-order valence-corrected chi connectivity index (χ2v) is 6.62. The van der Waals surface area contributed by atoms with Gasteiger partial charge in [0, 0.05) is 18.0 Å². The Hall–Kier alpha value is -1.88. The molecule has 2 heterocycles. The van der Waals surface area contributed by atoms with E-state index in [4.69, 9.17) is 4.42 Å². The quantitative estimate of drug-likeness (QED) is 0.608. The minimum absolute atomic E-state index is 0.551. The van der Waals surface area contributed by atoms with Gasteiger partial charge in [-0.2, -0.15) is 0 Å². The highest BCUT2D eigenvalue weighted by Crippen LogP contribution is 2.47. The molecule has 0 N–H and O–H groups in total. The van der Waals surface area contributed by atoms with Gasteiger partial charge in [-0.25, -0.2) is 4.73 Å². The molecule has 2 aromatic rings. The van der Waals surface area contributed by atoms with Gasteiger partial charge in [-0.15, -0.1) is 0 Å². The fourth-order valence-corrected chi connectivity index (χ4v) is 3.03. The molecule has 22 heavy (non-hydrogen) atoms. The second kappa shape index (κ2) is 5.39. The van der Waals surface area contributed by atoms with Crippen molar-refractivity contribution >= 4 is 0 Å². The first-order valence-electron chi connectivity index (χ1n) is 8.06. The zero-order chi connectivity index (χ0) is 15.1. The zero-order valence-corrected chi connectivity index (χ0v) is 12.8. The summed E-state index contributed by atoms with van der Waals surface area (Å²) >= 11 is 0. The van der Waals surface area contributed by atoms with Crippen molar-refractivity contribution in [2.45, 2.75) is 51.2 Å². The van der Waals surface area contributed by atoms with Crippen molar-refractivity contribution in [2.75, 3.05) is 0 Å². The van der Waals surface area contributed by atoms with Crippen LogP contribution in [0.15, 0.2) is 35.0 Å². The van der Waals surface area contributed by atoms with Crippen LogP contribution in [-0.4, -0.2) is 15.9 Å². The molecule has 4 rings (SSSR count). The van der Waals surface area contributed by atoms with E-state index >= 15 is 0 Å². The summed E-state index contributed by atoms with van der Waals surface area (Å²) in [5.41, 5.74) is 0. The standard InChI is InChI=1S/C17H21N3O2/c1-12-9-15(12)16-6-5-14(22-16)10-19(13-3-4-13)11-17-18-7-2-8-20(17)21/h2,5-8,12-13,15H,3-4,9-11H2,1H3. The Balaban J connectivity index is 1.46. The molecule has 0 saturated heterocycles. The van der Waals surface area contributed by atoms with Crippen LogP contribution >= 0.6 is 0 Å². The van der Waals surface area contributed by atoms with Gasteiger partial charge in [0.25, 0.3) is 0 Å². The van der Waals surface area contributed by atoms with Crippen molar-refractivity contribution in [3.05, 3.63) is 53.1 Å². The number of rotatable bonds is 6. The van der Waals surface area contributed by atoms with Crippen molar-refractivity contribution in [3.8, 4) is 0 Å². The van der Waals surface area contributed by atoms with E-state index in [9.17, 15) is 5.21 Å². The summed E-state index contributed by atoms with van der Waals surface area (Å²) in [5.74, 6) is 4.04. The maximum Gasteiger partial charge on any atom is 0.315 e. The van der Waals surface area contributed by atoms with E-state index < -0.39 is 0 Å². The molecule has 0 bridgehead atoms. The predicted octanol–water partition coefficient (Wildman–Crippen LogP) is 2.60. The SMILES string of the molecule is CC1CC1c1ccc(CN(Cc2nccc[n+]2[O-])C2CC2)o1. The number of aromatic nitrogens is 2. The van der Waals surface area contributed by atoms with E-state index in [2.05, 4.69) is 28.9 Å². The normalized spacial score (nSPS) is 23.9. The highest BCUT2D eigenvalue weighted by molar-refractivity contribution is 5.17. The van der Waals surface area contributed by atoms with Crippen molar-refractivity contribution < 1.29 is 9.15 Å². The molecule has 2 atom stereocenters. The summed E-state index contributed by atoms with van der Waals surface area (Å²) in [6.07, 6.45) is 6.81. The lowest BCUT2D eigenvalue weighted by Gasteiger charge is -2.19. The van der Waals surface area contributed by atoms with Gasteiger partial charge in [-0.3, -0.25) is 4.90 Å². The maximum atomic E-state index is 11.8. The van der Waals surface area contributed by atoms with Crippen molar-refractivity contribution in [1.82, 2.24) is 9.88 Å². The van der Waals surface area contributed by atoms with Gasteiger partial charge >= 0.3 is 5.82 Å². The molecule has 0 aliphatic heterocycles. The molecular weight excluding hydrogens is 278 g/mol. The van der Waals surface area contributed by atoms with E-state index in [1.165, 1.54) is 25.5 Å². The second-order valence-electron chi connectivity index (χ2n) is 6.62. The smallest absolute Gasteiger partial charge is 0.315 e. The molecule has 2 aliphatic rings. The van der Waals surface area contributed by atoms with Crippen molar-refractivity contribution in [1.29, 1.82) is 0 Å². The Morgan fingerprint density at radius 2 is 2.18 bits per heavy atom. The lowest BCUT2D eigenvalue weighted by atomic mass is 10.3. The molecule has 2 aliphatic carbocycles. The van der Waals surface area contributed by atoms with Crippen LogP contribution in [0, 0.1) is 11.1 Å². The maximum absolute atomic E-state index is 11.8. The van der Waals surface area contributed by atoms with Crippen LogP contribution < -0.4 is 4.73 Å². The van der Waals surface area contributed by atoms with Gasteiger partial charge in [-0.1, -0.05) is 11.9 Å². The average molecular weight is 299 g/mol. The minimum Gasteiger partial charge on any atom is -0.711 e. The fraction of sp³-hybridized carbons (Fsp3) is 0.529. The third kappa shape index (κ3) is 2.86. The van der Waals surface area contributed by atoms with E-state index in [1.54, 1.807) is 12.3 Å². The van der Waals surface area contributed by atoms with Crippen LogP contribution in [0.2, 0.25) is 0 Å². The van der Waals surface area contributed by atoms with Crippen LogP contribution in [0.1, 0.15) is 49.4 Å².